The summed E-state index contributed by atoms with van der Waals surface area (Å²) < 4.78 is 74.5. The first-order valence-electron chi connectivity index (χ1n) is 5.67. The Labute approximate surface area is 121 Å². The minimum absolute atomic E-state index is 0.00923. The van der Waals surface area contributed by atoms with Crippen molar-refractivity contribution in [3.63, 3.8) is 0 Å². The standard InChI is InChI=1S/C12H10ClF6NO/c1-2-10(20-21-6-11(14,15)16)8-5-7(13)3-4-9(8)12(17,18)19/h3-5H,2,6H2,1H3/b20-10+. The van der Waals surface area contributed by atoms with Crippen LogP contribution in [-0.2, 0) is 11.0 Å². The van der Waals surface area contributed by atoms with E-state index in [4.69, 9.17) is 11.6 Å². The first-order valence-corrected chi connectivity index (χ1v) is 6.05. The van der Waals surface area contributed by atoms with Gasteiger partial charge in [-0.25, -0.2) is 0 Å². The SMILES string of the molecule is CC/C(=N\OCC(F)(F)F)c1cc(Cl)ccc1C(F)(F)F. The smallest absolute Gasteiger partial charge is 0.386 e. The summed E-state index contributed by atoms with van der Waals surface area (Å²) in [6, 6.07) is 2.77. The van der Waals surface area contributed by atoms with Crippen molar-refractivity contribution in [3.8, 4) is 0 Å². The lowest BCUT2D eigenvalue weighted by molar-refractivity contribution is -0.173. The lowest BCUT2D eigenvalue weighted by atomic mass is 10.0. The van der Waals surface area contributed by atoms with Gasteiger partial charge in [0.15, 0.2) is 0 Å². The van der Waals surface area contributed by atoms with E-state index in [1.807, 2.05) is 0 Å². The van der Waals surface area contributed by atoms with Crippen molar-refractivity contribution in [1.82, 2.24) is 0 Å². The molecule has 1 aromatic carbocycles. The molecule has 0 amide bonds. The molecule has 0 bridgehead atoms. The second-order valence-electron chi connectivity index (χ2n) is 3.97. The Balaban J connectivity index is 3.16. The highest BCUT2D eigenvalue weighted by Gasteiger charge is 2.34. The zero-order valence-corrected chi connectivity index (χ0v) is 11.4. The summed E-state index contributed by atoms with van der Waals surface area (Å²) in [4.78, 5) is 4.07. The zero-order valence-electron chi connectivity index (χ0n) is 10.6. The molecule has 21 heavy (non-hydrogen) atoms. The van der Waals surface area contributed by atoms with E-state index in [1.54, 1.807) is 0 Å². The van der Waals surface area contributed by atoms with Crippen molar-refractivity contribution in [2.24, 2.45) is 5.16 Å². The Morgan fingerprint density at radius 1 is 1.19 bits per heavy atom. The molecule has 1 rings (SSSR count). The largest absolute Gasteiger partial charge is 0.425 e. The molecule has 2 nitrogen and oxygen atoms in total. The van der Waals surface area contributed by atoms with E-state index in [-0.39, 0.29) is 17.2 Å². The Kier molecular flexibility index (Phi) is 5.49. The first kappa shape index (κ1) is 17.6. The summed E-state index contributed by atoms with van der Waals surface area (Å²) in [5, 5.41) is 3.16. The fourth-order valence-corrected chi connectivity index (χ4v) is 1.66. The van der Waals surface area contributed by atoms with Crippen LogP contribution >= 0.6 is 11.6 Å². The molecular formula is C12H10ClF6NO. The first-order chi connectivity index (χ1) is 9.54. The Bertz CT molecular complexity index is 523. The summed E-state index contributed by atoms with van der Waals surface area (Å²) >= 11 is 5.63. The van der Waals surface area contributed by atoms with Crippen LogP contribution in [0.4, 0.5) is 26.3 Å². The molecular weight excluding hydrogens is 324 g/mol. The third-order valence-corrected chi connectivity index (χ3v) is 2.57. The van der Waals surface area contributed by atoms with Gasteiger partial charge in [-0.15, -0.1) is 0 Å². The van der Waals surface area contributed by atoms with Crippen molar-refractivity contribution in [1.29, 1.82) is 0 Å². The molecule has 0 aliphatic carbocycles. The maximum atomic E-state index is 12.9. The third kappa shape index (κ3) is 5.45. The van der Waals surface area contributed by atoms with Gasteiger partial charge in [0.1, 0.15) is 0 Å². The van der Waals surface area contributed by atoms with Crippen molar-refractivity contribution in [2.45, 2.75) is 25.7 Å². The van der Waals surface area contributed by atoms with Gasteiger partial charge in [-0.3, -0.25) is 0 Å². The summed E-state index contributed by atoms with van der Waals surface area (Å²) in [5.41, 5.74) is -1.71. The monoisotopic (exact) mass is 333 g/mol. The molecule has 1 aromatic rings. The van der Waals surface area contributed by atoms with Crippen LogP contribution < -0.4 is 0 Å². The van der Waals surface area contributed by atoms with Crippen LogP contribution in [0.5, 0.6) is 0 Å². The van der Waals surface area contributed by atoms with Crippen molar-refractivity contribution in [2.75, 3.05) is 6.61 Å². The second-order valence-corrected chi connectivity index (χ2v) is 4.40. The zero-order chi connectivity index (χ0) is 16.3. The molecule has 0 aliphatic rings. The van der Waals surface area contributed by atoms with Crippen LogP contribution in [0.2, 0.25) is 5.02 Å². The van der Waals surface area contributed by atoms with E-state index in [2.05, 4.69) is 9.99 Å². The molecule has 0 atom stereocenters. The number of hydrogen-bond donors (Lipinski definition) is 0. The molecule has 118 valence electrons. The fraction of sp³-hybridized carbons (Fsp3) is 0.417. The third-order valence-electron chi connectivity index (χ3n) is 2.34. The number of oxime groups is 1. The van der Waals surface area contributed by atoms with Gasteiger partial charge in [-0.2, -0.15) is 26.3 Å². The summed E-state index contributed by atoms with van der Waals surface area (Å²) in [6.07, 6.45) is -9.36. The molecule has 0 aromatic heterocycles. The number of halogens is 7. The van der Waals surface area contributed by atoms with E-state index >= 15 is 0 Å². The second kappa shape index (κ2) is 6.55. The number of nitrogens with zero attached hydrogens (tertiary/aromatic N) is 1. The highest BCUT2D eigenvalue weighted by atomic mass is 35.5. The molecule has 0 spiro atoms. The quantitative estimate of drug-likeness (QED) is 0.429. The molecule has 0 saturated carbocycles. The minimum Gasteiger partial charge on any atom is -0.386 e. The summed E-state index contributed by atoms with van der Waals surface area (Å²) in [5.74, 6) is 0. The normalized spacial score (nSPS) is 13.4. The van der Waals surface area contributed by atoms with Gasteiger partial charge in [-0.05, 0) is 24.6 Å². The molecule has 0 radical (unpaired) electrons. The van der Waals surface area contributed by atoms with Gasteiger partial charge < -0.3 is 4.84 Å². The Morgan fingerprint density at radius 2 is 1.81 bits per heavy atom. The molecule has 0 heterocycles. The van der Waals surface area contributed by atoms with Crippen LogP contribution in [0.15, 0.2) is 23.4 Å². The van der Waals surface area contributed by atoms with E-state index < -0.39 is 30.1 Å². The van der Waals surface area contributed by atoms with E-state index in [9.17, 15) is 26.3 Å². The maximum absolute atomic E-state index is 12.9. The van der Waals surface area contributed by atoms with Crippen molar-refractivity contribution >= 4 is 17.3 Å². The predicted octanol–water partition coefficient (Wildman–Crippen LogP) is 5.05. The van der Waals surface area contributed by atoms with Gasteiger partial charge in [0.05, 0.1) is 11.3 Å². The van der Waals surface area contributed by atoms with Crippen LogP contribution in [0.25, 0.3) is 0 Å². The van der Waals surface area contributed by atoms with Crippen LogP contribution in [0.1, 0.15) is 24.5 Å². The summed E-state index contributed by atoms with van der Waals surface area (Å²) in [6.45, 7) is -0.241. The van der Waals surface area contributed by atoms with Gasteiger partial charge >= 0.3 is 12.4 Å². The average Bonchev–Trinajstić information content (AvgIpc) is 2.31. The van der Waals surface area contributed by atoms with Crippen molar-refractivity contribution < 1.29 is 31.2 Å². The lowest BCUT2D eigenvalue weighted by Crippen LogP contribution is -2.17. The number of hydrogen-bond acceptors (Lipinski definition) is 2. The van der Waals surface area contributed by atoms with Crippen LogP contribution in [-0.4, -0.2) is 18.5 Å². The van der Waals surface area contributed by atoms with E-state index in [1.165, 1.54) is 6.92 Å². The van der Waals surface area contributed by atoms with Crippen LogP contribution in [0.3, 0.4) is 0 Å². The topological polar surface area (TPSA) is 21.6 Å². The van der Waals surface area contributed by atoms with Gasteiger partial charge in [-0.1, -0.05) is 23.7 Å². The van der Waals surface area contributed by atoms with E-state index in [0.29, 0.717) is 0 Å². The highest BCUT2D eigenvalue weighted by Crippen LogP contribution is 2.34. The maximum Gasteiger partial charge on any atom is 0.425 e. The van der Waals surface area contributed by atoms with Crippen LogP contribution in [0, 0.1) is 0 Å². The molecule has 0 fully saturated rings. The molecule has 9 heteroatoms. The predicted molar refractivity (Wildman–Crippen MR) is 65.3 cm³/mol. The summed E-state index contributed by atoms with van der Waals surface area (Å²) in [7, 11) is 0. The Hall–Kier alpha value is -1.44. The average molecular weight is 334 g/mol. The lowest BCUT2D eigenvalue weighted by Gasteiger charge is -2.14. The minimum atomic E-state index is -4.68. The number of rotatable bonds is 4. The van der Waals surface area contributed by atoms with Gasteiger partial charge in [0, 0.05) is 10.6 Å². The molecule has 0 aliphatic heterocycles. The fourth-order valence-electron chi connectivity index (χ4n) is 1.49. The molecule has 0 unspecified atom stereocenters. The number of benzene rings is 1. The van der Waals surface area contributed by atoms with Gasteiger partial charge in [0.2, 0.25) is 6.61 Å². The van der Waals surface area contributed by atoms with E-state index in [0.717, 1.165) is 18.2 Å². The van der Waals surface area contributed by atoms with Crippen molar-refractivity contribution in [3.05, 3.63) is 34.3 Å². The molecule has 0 saturated heterocycles. The molecule has 0 N–H and O–H groups in total. The Morgan fingerprint density at radius 3 is 2.29 bits per heavy atom. The highest BCUT2D eigenvalue weighted by molar-refractivity contribution is 6.31. The number of alkyl halides is 6. The van der Waals surface area contributed by atoms with Gasteiger partial charge in [0.25, 0.3) is 0 Å².